The summed E-state index contributed by atoms with van der Waals surface area (Å²) >= 11 is 0. The van der Waals surface area contributed by atoms with E-state index in [2.05, 4.69) is 16.9 Å². The van der Waals surface area contributed by atoms with Crippen LogP contribution in [0.1, 0.15) is 12.0 Å². The molecule has 0 saturated heterocycles. The van der Waals surface area contributed by atoms with Gasteiger partial charge in [0, 0.05) is 26.2 Å². The zero-order valence-electron chi connectivity index (χ0n) is 7.04. The largest absolute Gasteiger partial charge is 0.381 e. The summed E-state index contributed by atoms with van der Waals surface area (Å²) in [5.74, 6) is 6.27. The number of aryl methyl sites for hydroxylation is 1. The van der Waals surface area contributed by atoms with E-state index in [0.29, 0.717) is 18.8 Å². The molecule has 0 fully saturated rings. The highest BCUT2D eigenvalue weighted by molar-refractivity contribution is 5.49. The Kier molecular flexibility index (Phi) is 2.72. The molecule has 4 N–H and O–H groups in total. The summed E-state index contributed by atoms with van der Waals surface area (Å²) < 4.78 is 1.64. The Balaban J connectivity index is 2.76. The van der Waals surface area contributed by atoms with E-state index in [1.807, 2.05) is 7.05 Å². The maximum Gasteiger partial charge on any atom is 0.161 e. The number of hydrogen-bond donors (Lipinski definition) is 2. The smallest absolute Gasteiger partial charge is 0.161 e. The van der Waals surface area contributed by atoms with Crippen LogP contribution in [0.2, 0.25) is 0 Å². The standard InChI is InChI=1S/C8H12N4/c1-12-6-7(8(10)11-12)4-2-3-5-9/h6H,3,5,9H2,1H3,(H2,10,11). The third kappa shape index (κ3) is 2.01. The van der Waals surface area contributed by atoms with E-state index in [9.17, 15) is 0 Å². The molecule has 0 aliphatic rings. The zero-order chi connectivity index (χ0) is 8.97. The predicted molar refractivity (Wildman–Crippen MR) is 48.2 cm³/mol. The third-order valence-corrected chi connectivity index (χ3v) is 1.35. The van der Waals surface area contributed by atoms with Gasteiger partial charge in [0.15, 0.2) is 5.82 Å². The van der Waals surface area contributed by atoms with Crippen molar-refractivity contribution in [3.8, 4) is 11.8 Å². The van der Waals surface area contributed by atoms with Crippen LogP contribution in [0, 0.1) is 11.8 Å². The molecule has 12 heavy (non-hydrogen) atoms. The van der Waals surface area contributed by atoms with Crippen LogP contribution in [0.3, 0.4) is 0 Å². The van der Waals surface area contributed by atoms with Gasteiger partial charge >= 0.3 is 0 Å². The molecule has 4 nitrogen and oxygen atoms in total. The van der Waals surface area contributed by atoms with Crippen molar-refractivity contribution in [1.82, 2.24) is 9.78 Å². The topological polar surface area (TPSA) is 69.9 Å². The minimum Gasteiger partial charge on any atom is -0.381 e. The minimum absolute atomic E-state index is 0.474. The lowest BCUT2D eigenvalue weighted by atomic mass is 10.3. The summed E-state index contributed by atoms with van der Waals surface area (Å²) in [6.07, 6.45) is 2.48. The van der Waals surface area contributed by atoms with Gasteiger partial charge in [0.2, 0.25) is 0 Å². The average Bonchev–Trinajstić information content (AvgIpc) is 2.31. The van der Waals surface area contributed by atoms with Crippen LogP contribution >= 0.6 is 0 Å². The molecule has 64 valence electrons. The van der Waals surface area contributed by atoms with E-state index in [0.717, 1.165) is 5.56 Å². The SMILES string of the molecule is Cn1cc(C#CCCN)c(N)n1. The Morgan fingerprint density at radius 3 is 2.92 bits per heavy atom. The molecule has 1 aromatic heterocycles. The van der Waals surface area contributed by atoms with Gasteiger partial charge in [-0.2, -0.15) is 5.10 Å². The van der Waals surface area contributed by atoms with Crippen LogP contribution in [0.4, 0.5) is 5.82 Å². The molecule has 0 aliphatic heterocycles. The lowest BCUT2D eigenvalue weighted by Crippen LogP contribution is -1.95. The lowest BCUT2D eigenvalue weighted by molar-refractivity contribution is 0.772. The molecule has 1 rings (SSSR count). The fourth-order valence-corrected chi connectivity index (χ4v) is 0.832. The summed E-state index contributed by atoms with van der Waals surface area (Å²) in [6.45, 7) is 0.577. The van der Waals surface area contributed by atoms with Crippen molar-refractivity contribution in [3.05, 3.63) is 11.8 Å². The van der Waals surface area contributed by atoms with Gasteiger partial charge in [-0.3, -0.25) is 4.68 Å². The molecule has 1 aromatic rings. The van der Waals surface area contributed by atoms with Crippen molar-refractivity contribution in [2.75, 3.05) is 12.3 Å². The van der Waals surface area contributed by atoms with Gasteiger partial charge in [0.1, 0.15) is 0 Å². The molecule has 0 aliphatic carbocycles. The first-order valence-corrected chi connectivity index (χ1v) is 3.72. The number of nitrogens with zero attached hydrogens (tertiary/aromatic N) is 2. The molecular weight excluding hydrogens is 152 g/mol. The maximum absolute atomic E-state index is 5.56. The van der Waals surface area contributed by atoms with Gasteiger partial charge < -0.3 is 11.5 Å². The quantitative estimate of drug-likeness (QED) is 0.560. The summed E-state index contributed by atoms with van der Waals surface area (Å²) in [5.41, 5.74) is 11.6. The number of hydrogen-bond acceptors (Lipinski definition) is 3. The molecule has 0 atom stereocenters. The first-order valence-electron chi connectivity index (χ1n) is 3.72. The summed E-state index contributed by atoms with van der Waals surface area (Å²) in [7, 11) is 1.81. The van der Waals surface area contributed by atoms with Crippen LogP contribution in [0.5, 0.6) is 0 Å². The maximum atomic E-state index is 5.56. The Hall–Kier alpha value is -1.47. The van der Waals surface area contributed by atoms with Crippen LogP contribution in [0.25, 0.3) is 0 Å². The van der Waals surface area contributed by atoms with Gasteiger partial charge in [-0.05, 0) is 0 Å². The third-order valence-electron chi connectivity index (χ3n) is 1.35. The molecule has 0 radical (unpaired) electrons. The van der Waals surface area contributed by atoms with Crippen molar-refractivity contribution >= 4 is 5.82 Å². The molecular formula is C8H12N4. The highest BCUT2D eigenvalue weighted by Crippen LogP contribution is 2.04. The van der Waals surface area contributed by atoms with Gasteiger partial charge in [0.05, 0.1) is 5.56 Å². The second-order valence-electron chi connectivity index (χ2n) is 2.44. The van der Waals surface area contributed by atoms with Gasteiger partial charge in [-0.25, -0.2) is 0 Å². The first kappa shape index (κ1) is 8.62. The van der Waals surface area contributed by atoms with Crippen molar-refractivity contribution in [1.29, 1.82) is 0 Å². The van der Waals surface area contributed by atoms with Crippen molar-refractivity contribution in [2.24, 2.45) is 12.8 Å². The fourth-order valence-electron chi connectivity index (χ4n) is 0.832. The normalized spacial score (nSPS) is 9.17. The predicted octanol–water partition coefficient (Wildman–Crippen LogP) is -0.297. The van der Waals surface area contributed by atoms with Crippen LogP contribution in [-0.2, 0) is 7.05 Å². The van der Waals surface area contributed by atoms with E-state index in [4.69, 9.17) is 11.5 Å². The van der Waals surface area contributed by atoms with E-state index < -0.39 is 0 Å². The summed E-state index contributed by atoms with van der Waals surface area (Å²) in [5, 5.41) is 3.95. The van der Waals surface area contributed by atoms with Crippen LogP contribution < -0.4 is 11.5 Å². The molecule has 0 spiro atoms. The Labute approximate surface area is 71.5 Å². The van der Waals surface area contributed by atoms with E-state index in [-0.39, 0.29) is 0 Å². The van der Waals surface area contributed by atoms with Crippen molar-refractivity contribution in [3.63, 3.8) is 0 Å². The zero-order valence-corrected chi connectivity index (χ0v) is 7.04. The number of nitrogens with two attached hydrogens (primary N) is 2. The van der Waals surface area contributed by atoms with Gasteiger partial charge in [-0.15, -0.1) is 0 Å². The van der Waals surface area contributed by atoms with Gasteiger partial charge in [0.25, 0.3) is 0 Å². The van der Waals surface area contributed by atoms with E-state index in [1.54, 1.807) is 10.9 Å². The molecule has 4 heteroatoms. The highest BCUT2D eigenvalue weighted by Gasteiger charge is 1.98. The lowest BCUT2D eigenvalue weighted by Gasteiger charge is -1.82. The second-order valence-corrected chi connectivity index (χ2v) is 2.44. The molecule has 0 saturated carbocycles. The molecule has 0 aromatic carbocycles. The molecule has 1 heterocycles. The Morgan fingerprint density at radius 1 is 1.67 bits per heavy atom. The second kappa shape index (κ2) is 3.79. The van der Waals surface area contributed by atoms with Crippen LogP contribution in [0.15, 0.2) is 6.20 Å². The van der Waals surface area contributed by atoms with Gasteiger partial charge in [-0.1, -0.05) is 11.8 Å². The van der Waals surface area contributed by atoms with Crippen molar-refractivity contribution < 1.29 is 0 Å². The first-order chi connectivity index (χ1) is 5.74. The number of aromatic nitrogens is 2. The molecule has 0 amide bonds. The number of nitrogen functional groups attached to an aromatic ring is 1. The fraction of sp³-hybridized carbons (Fsp3) is 0.375. The van der Waals surface area contributed by atoms with Crippen LogP contribution in [-0.4, -0.2) is 16.3 Å². The van der Waals surface area contributed by atoms with E-state index in [1.165, 1.54) is 0 Å². The number of anilines is 1. The minimum atomic E-state index is 0.474. The molecule has 0 unspecified atom stereocenters. The number of rotatable bonds is 1. The average molecular weight is 164 g/mol. The Morgan fingerprint density at radius 2 is 2.42 bits per heavy atom. The Bertz CT molecular complexity index is 316. The van der Waals surface area contributed by atoms with Crippen molar-refractivity contribution in [2.45, 2.75) is 6.42 Å². The molecule has 0 bridgehead atoms. The highest BCUT2D eigenvalue weighted by atomic mass is 15.3. The summed E-state index contributed by atoms with van der Waals surface area (Å²) in [4.78, 5) is 0. The summed E-state index contributed by atoms with van der Waals surface area (Å²) in [6, 6.07) is 0. The van der Waals surface area contributed by atoms with E-state index >= 15 is 0 Å². The monoisotopic (exact) mass is 164 g/mol.